The molecule has 3 amide bonds. The second kappa shape index (κ2) is 6.01. The van der Waals surface area contributed by atoms with Crippen LogP contribution in [0, 0.1) is 5.92 Å². The zero-order valence-corrected chi connectivity index (χ0v) is 13.7. The summed E-state index contributed by atoms with van der Waals surface area (Å²) in [6.45, 7) is 8.54. The average molecular weight is 309 g/mol. The first kappa shape index (κ1) is 15.8. The first-order valence-corrected chi connectivity index (χ1v) is 7.88. The summed E-state index contributed by atoms with van der Waals surface area (Å²) in [5, 5.41) is 0.784. The Bertz CT molecular complexity index is 553. The minimum Gasteiger partial charge on any atom is -0.269 e. The Hall–Kier alpha value is -1.63. The summed E-state index contributed by atoms with van der Waals surface area (Å²) < 4.78 is 1.91. The van der Waals surface area contributed by atoms with Gasteiger partial charge in [-0.15, -0.1) is 0 Å². The van der Waals surface area contributed by atoms with Gasteiger partial charge in [-0.05, 0) is 22.7 Å². The lowest BCUT2D eigenvalue weighted by Crippen LogP contribution is -2.61. The fraction of sp³-hybridized carbons (Fsp3) is 0.571. The fourth-order valence-electron chi connectivity index (χ4n) is 2.26. The molecule has 1 unspecified atom stereocenters. The number of nitrogens with zero attached hydrogens (tertiary/aromatic N) is 4. The summed E-state index contributed by atoms with van der Waals surface area (Å²) in [6, 6.07) is -0.867. The maximum atomic E-state index is 12.4. The van der Waals surface area contributed by atoms with Gasteiger partial charge < -0.3 is 0 Å². The van der Waals surface area contributed by atoms with Crippen LogP contribution in [0.4, 0.5) is 4.79 Å². The number of amides is 3. The molecule has 0 aromatic heterocycles. The Balaban J connectivity index is 2.38. The van der Waals surface area contributed by atoms with Crippen LogP contribution in [0.25, 0.3) is 0 Å². The fourth-order valence-corrected chi connectivity index (χ4v) is 3.24. The number of likely N-dealkylation sites (N-methyl/N-ethyl adjacent to an activating group) is 2. The number of hydrogen-bond donors (Lipinski definition) is 0. The molecule has 0 bridgehead atoms. The van der Waals surface area contributed by atoms with Crippen LogP contribution in [0.5, 0.6) is 0 Å². The smallest absolute Gasteiger partial charge is 0.269 e. The Morgan fingerprint density at radius 1 is 1.38 bits per heavy atom. The number of thioether (sulfide) groups is 1. The molecule has 0 radical (unpaired) electrons. The quantitative estimate of drug-likeness (QED) is 0.580. The molecule has 1 atom stereocenters. The van der Waals surface area contributed by atoms with E-state index in [-0.39, 0.29) is 11.9 Å². The number of aliphatic imine (C=N–C) groups is 1. The number of amidine groups is 2. The molecule has 6 nitrogen and oxygen atoms in total. The number of carbonyl (C=O) groups excluding carboxylic acids is 2. The van der Waals surface area contributed by atoms with Crippen molar-refractivity contribution < 1.29 is 14.2 Å². The summed E-state index contributed by atoms with van der Waals surface area (Å²) in [7, 11) is 3.16. The van der Waals surface area contributed by atoms with Crippen molar-refractivity contribution in [1.82, 2.24) is 9.80 Å². The first-order chi connectivity index (χ1) is 9.88. The molecule has 21 heavy (non-hydrogen) atoms. The van der Waals surface area contributed by atoms with E-state index in [9.17, 15) is 9.59 Å². The van der Waals surface area contributed by atoms with Crippen LogP contribution in [0.2, 0.25) is 0 Å². The molecule has 7 heteroatoms. The van der Waals surface area contributed by atoms with Crippen molar-refractivity contribution in [3.05, 3.63) is 12.7 Å². The molecular formula is C14H21N4O2S+. The Morgan fingerprint density at radius 2 is 2.05 bits per heavy atom. The van der Waals surface area contributed by atoms with E-state index in [1.807, 2.05) is 4.58 Å². The Morgan fingerprint density at radius 3 is 2.62 bits per heavy atom. The normalized spacial score (nSPS) is 22.1. The molecule has 1 saturated heterocycles. The van der Waals surface area contributed by atoms with Crippen LogP contribution in [0.3, 0.4) is 0 Å². The van der Waals surface area contributed by atoms with Gasteiger partial charge in [0, 0.05) is 19.8 Å². The topological polar surface area (TPSA) is 56.0 Å². The molecule has 0 N–H and O–H groups in total. The minimum atomic E-state index is -0.523. The minimum absolute atomic E-state index is 0.237. The van der Waals surface area contributed by atoms with Crippen LogP contribution in [0.1, 0.15) is 13.8 Å². The predicted molar refractivity (Wildman–Crippen MR) is 84.8 cm³/mol. The van der Waals surface area contributed by atoms with Crippen molar-refractivity contribution in [3.8, 4) is 0 Å². The van der Waals surface area contributed by atoms with E-state index in [0.29, 0.717) is 18.3 Å². The van der Waals surface area contributed by atoms with Crippen LogP contribution < -0.4 is 0 Å². The van der Waals surface area contributed by atoms with Gasteiger partial charge in [-0.2, -0.15) is 0 Å². The third-order valence-electron chi connectivity index (χ3n) is 3.37. The standard InChI is InChI=1S/C14H21N4O2S/c1-6-7-18-10-11(15-13(18)21-8-9(2)3)16(4)14(20)17(5)12(10)19/h6,9-10H,1,7-8H2,2-5H3/q+1. The molecule has 0 aliphatic carbocycles. The second-order valence-electron chi connectivity index (χ2n) is 5.54. The number of carbonyl (C=O) groups is 2. The number of fused-ring (bicyclic) bond motifs is 1. The Labute approximate surface area is 129 Å². The highest BCUT2D eigenvalue weighted by molar-refractivity contribution is 8.13. The van der Waals surface area contributed by atoms with E-state index in [1.165, 1.54) is 11.9 Å². The molecule has 2 rings (SSSR count). The van der Waals surface area contributed by atoms with Crippen molar-refractivity contribution in [2.45, 2.75) is 19.9 Å². The van der Waals surface area contributed by atoms with Crippen molar-refractivity contribution in [1.29, 1.82) is 0 Å². The van der Waals surface area contributed by atoms with Crippen LogP contribution >= 0.6 is 11.8 Å². The van der Waals surface area contributed by atoms with Gasteiger partial charge in [-0.1, -0.05) is 26.5 Å². The zero-order valence-electron chi connectivity index (χ0n) is 12.9. The lowest BCUT2D eigenvalue weighted by molar-refractivity contribution is -0.522. The second-order valence-corrected chi connectivity index (χ2v) is 6.53. The van der Waals surface area contributed by atoms with Crippen molar-refractivity contribution in [3.63, 3.8) is 0 Å². The van der Waals surface area contributed by atoms with Crippen molar-refractivity contribution in [2.24, 2.45) is 10.9 Å². The summed E-state index contributed by atoms with van der Waals surface area (Å²) in [5.74, 6) is 1.71. The third kappa shape index (κ3) is 2.74. The zero-order chi connectivity index (χ0) is 15.7. The van der Waals surface area contributed by atoms with E-state index in [2.05, 4.69) is 25.4 Å². The van der Waals surface area contributed by atoms with E-state index >= 15 is 0 Å². The number of hydrogen-bond acceptors (Lipinski definition) is 4. The van der Waals surface area contributed by atoms with Crippen LogP contribution in [0.15, 0.2) is 17.6 Å². The highest BCUT2D eigenvalue weighted by Crippen LogP contribution is 2.23. The first-order valence-electron chi connectivity index (χ1n) is 6.89. The molecule has 2 heterocycles. The number of imide groups is 1. The summed E-state index contributed by atoms with van der Waals surface area (Å²) in [6.07, 6.45) is 1.75. The van der Waals surface area contributed by atoms with Gasteiger partial charge in [0.2, 0.25) is 0 Å². The molecule has 2 aliphatic rings. The van der Waals surface area contributed by atoms with Gasteiger partial charge in [0.25, 0.3) is 17.8 Å². The monoisotopic (exact) mass is 309 g/mol. The lowest BCUT2D eigenvalue weighted by atomic mass is 10.1. The highest BCUT2D eigenvalue weighted by Gasteiger charge is 2.52. The predicted octanol–water partition coefficient (Wildman–Crippen LogP) is 1.23. The van der Waals surface area contributed by atoms with Gasteiger partial charge >= 0.3 is 11.2 Å². The molecule has 0 aromatic rings. The van der Waals surface area contributed by atoms with Gasteiger partial charge in [-0.3, -0.25) is 14.6 Å². The van der Waals surface area contributed by atoms with Gasteiger partial charge in [0.05, 0.1) is 0 Å². The van der Waals surface area contributed by atoms with Crippen LogP contribution in [-0.2, 0) is 4.79 Å². The summed E-state index contributed by atoms with van der Waals surface area (Å²) in [5.41, 5.74) is 0. The van der Waals surface area contributed by atoms with Gasteiger partial charge in [0.1, 0.15) is 6.54 Å². The van der Waals surface area contributed by atoms with Gasteiger partial charge in [0.15, 0.2) is 0 Å². The third-order valence-corrected chi connectivity index (χ3v) is 4.78. The molecular weight excluding hydrogens is 288 g/mol. The lowest BCUT2D eigenvalue weighted by Gasteiger charge is -2.30. The Kier molecular flexibility index (Phi) is 4.51. The van der Waals surface area contributed by atoms with E-state index < -0.39 is 6.04 Å². The molecule has 1 fully saturated rings. The van der Waals surface area contributed by atoms with Crippen molar-refractivity contribution >= 4 is 34.7 Å². The highest BCUT2D eigenvalue weighted by atomic mass is 32.2. The maximum absolute atomic E-state index is 12.4. The van der Waals surface area contributed by atoms with E-state index in [0.717, 1.165) is 15.8 Å². The van der Waals surface area contributed by atoms with E-state index in [1.54, 1.807) is 24.9 Å². The van der Waals surface area contributed by atoms with Gasteiger partial charge in [-0.25, -0.2) is 9.37 Å². The molecule has 0 aromatic carbocycles. The van der Waals surface area contributed by atoms with E-state index in [4.69, 9.17) is 0 Å². The summed E-state index contributed by atoms with van der Waals surface area (Å²) in [4.78, 5) is 31.6. The van der Waals surface area contributed by atoms with Crippen LogP contribution in [-0.4, -0.2) is 69.8 Å². The average Bonchev–Trinajstić information content (AvgIpc) is 2.80. The molecule has 114 valence electrons. The molecule has 0 spiro atoms. The SMILES string of the molecule is C=CC[N+]1=C(SCC(C)C)N=C2C1C(=O)N(C)C(=O)N2C. The number of urea groups is 1. The maximum Gasteiger partial charge on any atom is 0.358 e. The largest absolute Gasteiger partial charge is 0.358 e. The molecule has 0 saturated carbocycles. The number of rotatable bonds is 4. The van der Waals surface area contributed by atoms with Crippen molar-refractivity contribution in [2.75, 3.05) is 26.4 Å². The summed E-state index contributed by atoms with van der Waals surface area (Å²) >= 11 is 1.61. The molecule has 2 aliphatic heterocycles.